The number of hydrogen-bond donors (Lipinski definition) is 2. The Morgan fingerprint density at radius 3 is 1.39 bits per heavy atom. The van der Waals surface area contributed by atoms with Crippen molar-refractivity contribution in [3.8, 4) is 11.5 Å². The third-order valence-corrected chi connectivity index (χ3v) is 17.4. The summed E-state index contributed by atoms with van der Waals surface area (Å²) < 4.78 is 85.3. The fourth-order valence-corrected chi connectivity index (χ4v) is 13.5. The molecule has 0 radical (unpaired) electrons. The van der Waals surface area contributed by atoms with E-state index in [1.54, 1.807) is 40.0 Å². The van der Waals surface area contributed by atoms with Crippen LogP contribution in [0.1, 0.15) is 130 Å². The number of halogens is 6. The number of benzene rings is 4. The van der Waals surface area contributed by atoms with Crippen LogP contribution in [0.3, 0.4) is 0 Å². The molecule has 0 unspecified atom stereocenters. The Balaban J connectivity index is 0.000000162. The van der Waals surface area contributed by atoms with Crippen molar-refractivity contribution < 1.29 is 50.5 Å². The van der Waals surface area contributed by atoms with Crippen molar-refractivity contribution in [2.24, 2.45) is 16.6 Å². The van der Waals surface area contributed by atoms with Gasteiger partial charge in [0.05, 0.1) is 11.4 Å². The van der Waals surface area contributed by atoms with E-state index in [9.17, 15) is 35.9 Å². The minimum Gasteiger partial charge on any atom is -0.477 e. The number of nitrogens with two attached hydrogens (primary N) is 1. The highest BCUT2D eigenvalue weighted by atomic mass is 32.1. The summed E-state index contributed by atoms with van der Waals surface area (Å²) in [6, 6.07) is 29.5. The molecule has 4 aliphatic rings. The molecule has 4 aromatic carbocycles. The van der Waals surface area contributed by atoms with Gasteiger partial charge in [0.25, 0.3) is 0 Å². The molecule has 2 saturated heterocycles. The molecule has 424 valence electrons. The monoisotopic (exact) mass is 1140 g/mol. The van der Waals surface area contributed by atoms with E-state index in [2.05, 4.69) is 77.8 Å². The highest BCUT2D eigenvalue weighted by Crippen LogP contribution is 2.58. The average molecular weight is 1140 g/mol. The minimum absolute atomic E-state index is 0. The minimum atomic E-state index is -4.67. The van der Waals surface area contributed by atoms with E-state index in [0.29, 0.717) is 59.9 Å². The molecule has 2 saturated carbocycles. The number of rotatable bonds is 14. The number of aryl methyl sites for hydroxylation is 5. The van der Waals surface area contributed by atoms with Gasteiger partial charge >= 0.3 is 18.7 Å². The fraction of sp³-hybridized carbons (Fsp3) is 0.400. The standard InChI is InChI=1S/C30H30F3N3O2S.C20H21F3N2O.C9H10N2O2S.CH4/c1-3-25-27(36-16-19(2)39-28(36)34-25)26(37)13-6-20-4-7-21(8-5-20)22-14-29(15-22)17-35(18-29)23-9-11-24(12-10-23)38-30(31,32)33;21-20(22,23)26-18-7-5-17(6-8-18)25-12-19(13-25)9-16(10-19)15-3-1-14(11-24)2-4-15;1-3-6-7(8(12)13)11-4-5(2)14-9(11)10-6;/h4-5,7-12,16,22H,3,6,13-15,17-18H2,1-2H3;1-8,16H,9-13,24H2;4H,3H2,1-2H3,(H,12,13);1H4. The number of ether oxygens (including phenoxy) is 2. The van der Waals surface area contributed by atoms with Crippen LogP contribution < -0.4 is 25.0 Å². The summed E-state index contributed by atoms with van der Waals surface area (Å²) in [6.45, 7) is 12.3. The Labute approximate surface area is 468 Å². The molecule has 8 aromatic rings. The van der Waals surface area contributed by atoms with Crippen molar-refractivity contribution in [2.45, 2.75) is 118 Å². The molecule has 2 aliphatic heterocycles. The predicted octanol–water partition coefficient (Wildman–Crippen LogP) is 14.4. The van der Waals surface area contributed by atoms with E-state index in [4.69, 9.17) is 10.8 Å². The topological polar surface area (TPSA) is 140 Å². The Morgan fingerprint density at radius 2 is 1.01 bits per heavy atom. The number of anilines is 2. The summed E-state index contributed by atoms with van der Waals surface area (Å²) in [5.41, 5.74) is 15.7. The third kappa shape index (κ3) is 12.7. The van der Waals surface area contributed by atoms with Crippen LogP contribution in [0.2, 0.25) is 0 Å². The molecular weight excluding hydrogens is 1080 g/mol. The summed E-state index contributed by atoms with van der Waals surface area (Å²) in [7, 11) is 0. The van der Waals surface area contributed by atoms with Crippen molar-refractivity contribution in [1.82, 2.24) is 18.8 Å². The number of carbonyl (C=O) groups excluding carboxylic acids is 1. The van der Waals surface area contributed by atoms with Gasteiger partial charge in [0.1, 0.15) is 17.2 Å². The van der Waals surface area contributed by atoms with Crippen molar-refractivity contribution in [3.05, 3.63) is 164 Å². The fourth-order valence-electron chi connectivity index (χ4n) is 11.8. The van der Waals surface area contributed by atoms with Crippen molar-refractivity contribution in [1.29, 1.82) is 0 Å². The second-order valence-electron chi connectivity index (χ2n) is 21.4. The number of aromatic carboxylic acids is 1. The van der Waals surface area contributed by atoms with E-state index in [1.165, 1.54) is 59.6 Å². The summed E-state index contributed by atoms with van der Waals surface area (Å²) in [5.74, 6) is -0.0149. The number of alkyl halides is 6. The number of fused-ring (bicyclic) bond motifs is 2. The molecule has 0 amide bonds. The van der Waals surface area contributed by atoms with Crippen LogP contribution in [-0.2, 0) is 25.8 Å². The van der Waals surface area contributed by atoms with Crippen LogP contribution in [-0.4, -0.2) is 74.5 Å². The quantitative estimate of drug-likeness (QED) is 0.0799. The van der Waals surface area contributed by atoms with E-state index in [0.717, 1.165) is 99.0 Å². The number of hydrogen-bond acceptors (Lipinski definition) is 11. The number of nitrogens with zero attached hydrogens (tertiary/aromatic N) is 6. The normalized spacial score (nSPS) is 17.1. The van der Waals surface area contributed by atoms with Crippen molar-refractivity contribution in [3.63, 3.8) is 0 Å². The van der Waals surface area contributed by atoms with E-state index in [-0.39, 0.29) is 24.7 Å². The van der Waals surface area contributed by atoms with Crippen molar-refractivity contribution in [2.75, 3.05) is 36.0 Å². The predicted molar refractivity (Wildman–Crippen MR) is 301 cm³/mol. The van der Waals surface area contributed by atoms with Crippen molar-refractivity contribution >= 4 is 55.7 Å². The number of thiazole rings is 2. The Kier molecular flexibility index (Phi) is 16.6. The second-order valence-corrected chi connectivity index (χ2v) is 23.9. The van der Waals surface area contributed by atoms with Gasteiger partial charge in [0.2, 0.25) is 0 Å². The first-order valence-electron chi connectivity index (χ1n) is 26.4. The van der Waals surface area contributed by atoms with E-state index >= 15 is 0 Å². The number of carboxylic acid groups (broad SMARTS) is 1. The van der Waals surface area contributed by atoms with Gasteiger partial charge in [0, 0.05) is 83.5 Å². The lowest BCUT2D eigenvalue weighted by atomic mass is 9.56. The molecule has 12 nitrogen and oxygen atoms in total. The molecular formula is C60H65F6N7O5S2. The maximum atomic E-state index is 13.1. The Hall–Kier alpha value is -6.90. The number of Topliss-reactive ketones (excluding diaryl/α,β-unsaturated/α-hetero) is 1. The number of carboxylic acids is 1. The molecule has 80 heavy (non-hydrogen) atoms. The zero-order valence-electron chi connectivity index (χ0n) is 44.2. The molecule has 0 atom stereocenters. The van der Waals surface area contributed by atoms with Gasteiger partial charge in [-0.25, -0.2) is 14.8 Å². The van der Waals surface area contributed by atoms with Crippen LogP contribution in [0, 0.1) is 24.7 Å². The van der Waals surface area contributed by atoms with Gasteiger partial charge in [0.15, 0.2) is 21.4 Å². The summed E-state index contributed by atoms with van der Waals surface area (Å²) in [6.07, 6.45) is 1.63. The molecule has 0 bridgehead atoms. The average Bonchev–Trinajstić information content (AvgIpc) is 4.24. The van der Waals surface area contributed by atoms with Gasteiger partial charge in [-0.2, -0.15) is 0 Å². The first kappa shape index (κ1) is 57.8. The maximum absolute atomic E-state index is 13.1. The highest BCUT2D eigenvalue weighted by Gasteiger charge is 2.53. The molecule has 4 fully saturated rings. The number of aromatic nitrogens is 4. The van der Waals surface area contributed by atoms with Crippen LogP contribution in [0.5, 0.6) is 11.5 Å². The second kappa shape index (κ2) is 22.9. The molecule has 2 spiro atoms. The Morgan fingerprint density at radius 1 is 0.625 bits per heavy atom. The third-order valence-electron chi connectivity index (χ3n) is 15.6. The van der Waals surface area contributed by atoms with Gasteiger partial charge < -0.3 is 30.1 Å². The molecule has 3 N–H and O–H groups in total. The highest BCUT2D eigenvalue weighted by molar-refractivity contribution is 7.17. The van der Waals surface area contributed by atoms with Gasteiger partial charge in [-0.15, -0.1) is 49.0 Å². The lowest BCUT2D eigenvalue weighted by molar-refractivity contribution is -0.275. The zero-order valence-corrected chi connectivity index (χ0v) is 45.8. The van der Waals surface area contributed by atoms with Gasteiger partial charge in [-0.05, 0) is 141 Å². The maximum Gasteiger partial charge on any atom is 0.573 e. The first-order chi connectivity index (χ1) is 37.6. The summed E-state index contributed by atoms with van der Waals surface area (Å²) in [4.78, 5) is 41.3. The van der Waals surface area contributed by atoms with Crippen LogP contribution >= 0.6 is 22.7 Å². The summed E-state index contributed by atoms with van der Waals surface area (Å²) in [5, 5.41) is 9.04. The Bertz CT molecular complexity index is 3430. The summed E-state index contributed by atoms with van der Waals surface area (Å²) >= 11 is 3.12. The van der Waals surface area contributed by atoms with Gasteiger partial charge in [-0.1, -0.05) is 69.8 Å². The molecule has 6 heterocycles. The number of ketones is 1. The molecule has 12 rings (SSSR count). The smallest absolute Gasteiger partial charge is 0.477 e. The van der Waals surface area contributed by atoms with Crippen LogP contribution in [0.25, 0.3) is 9.92 Å². The number of carbonyl (C=O) groups is 2. The van der Waals surface area contributed by atoms with Crippen LogP contribution in [0.15, 0.2) is 109 Å². The van der Waals surface area contributed by atoms with E-state index < -0.39 is 18.7 Å². The molecule has 4 aromatic heterocycles. The van der Waals surface area contributed by atoms with Crippen LogP contribution in [0.4, 0.5) is 37.7 Å². The first-order valence-corrected chi connectivity index (χ1v) is 28.0. The zero-order chi connectivity index (χ0) is 56.0. The lowest BCUT2D eigenvalue weighted by Crippen LogP contribution is -2.61. The largest absolute Gasteiger partial charge is 0.573 e. The van der Waals surface area contributed by atoms with Gasteiger partial charge in [-0.3, -0.25) is 13.6 Å². The lowest BCUT2D eigenvalue weighted by Gasteiger charge is -2.60. The number of imidazole rings is 2. The van der Waals surface area contributed by atoms with E-state index in [1.807, 2.05) is 44.5 Å². The SMILES string of the molecule is C.CCc1nc2sc(C)cn2c1C(=O)CCc1ccc(C2CC3(C2)CN(c2ccc(OC(F)(F)F)cc2)C3)cc1.CCc1nc2sc(C)cn2c1C(=O)O.NCc1ccc(C2CC3(C2)CN(c2ccc(OC(F)(F)F)cc2)C3)cc1. The molecule has 2 aliphatic carbocycles. The molecule has 20 heteroatoms.